The summed E-state index contributed by atoms with van der Waals surface area (Å²) in [5.74, 6) is 0.203. The fourth-order valence-corrected chi connectivity index (χ4v) is 2.59. The van der Waals surface area contributed by atoms with Crippen molar-refractivity contribution in [1.29, 1.82) is 5.26 Å². The number of hydrogen-bond donors (Lipinski definition) is 0. The summed E-state index contributed by atoms with van der Waals surface area (Å²) in [6.07, 6.45) is 4.40. The fourth-order valence-electron chi connectivity index (χ4n) is 2.59. The molecule has 1 saturated carbocycles. The monoisotopic (exact) mass is 240 g/mol. The van der Waals surface area contributed by atoms with E-state index in [1.54, 1.807) is 14.2 Å². The molecule has 0 heterocycles. The van der Waals surface area contributed by atoms with Crippen molar-refractivity contribution < 1.29 is 9.47 Å². The molecule has 17 heavy (non-hydrogen) atoms. The molecular formula is C13H24N2O2. The molecule has 0 aromatic rings. The zero-order chi connectivity index (χ0) is 12.5. The lowest BCUT2D eigenvalue weighted by atomic mass is 10.0. The predicted molar refractivity (Wildman–Crippen MR) is 66.7 cm³/mol. The van der Waals surface area contributed by atoms with Gasteiger partial charge in [-0.3, -0.25) is 4.90 Å². The topological polar surface area (TPSA) is 45.5 Å². The van der Waals surface area contributed by atoms with Crippen molar-refractivity contribution in [3.8, 4) is 6.07 Å². The summed E-state index contributed by atoms with van der Waals surface area (Å²) in [6, 6.07) is 2.87. The van der Waals surface area contributed by atoms with Gasteiger partial charge in [-0.2, -0.15) is 5.26 Å². The van der Waals surface area contributed by atoms with Gasteiger partial charge in [-0.15, -0.1) is 0 Å². The Balaban J connectivity index is 2.45. The molecule has 1 fully saturated rings. The standard InChI is InChI=1S/C13H24N2O2/c1-16-9-4-7-15(8-10-17-2)13-6-3-5-12(13)11-14/h12-13H,3-10H2,1-2H3. The van der Waals surface area contributed by atoms with Crippen LogP contribution in [0.1, 0.15) is 25.7 Å². The van der Waals surface area contributed by atoms with Crippen LogP contribution < -0.4 is 0 Å². The van der Waals surface area contributed by atoms with Gasteiger partial charge in [0.2, 0.25) is 0 Å². The van der Waals surface area contributed by atoms with Crippen LogP contribution in [0.5, 0.6) is 0 Å². The van der Waals surface area contributed by atoms with E-state index in [1.165, 1.54) is 6.42 Å². The average molecular weight is 240 g/mol. The highest BCUT2D eigenvalue weighted by Crippen LogP contribution is 2.29. The molecule has 0 amide bonds. The Morgan fingerprint density at radius 1 is 1.18 bits per heavy atom. The van der Waals surface area contributed by atoms with E-state index in [-0.39, 0.29) is 5.92 Å². The number of rotatable bonds is 8. The minimum absolute atomic E-state index is 0.203. The van der Waals surface area contributed by atoms with Gasteiger partial charge in [0.25, 0.3) is 0 Å². The van der Waals surface area contributed by atoms with Crippen molar-refractivity contribution in [2.45, 2.75) is 31.7 Å². The molecular weight excluding hydrogens is 216 g/mol. The summed E-state index contributed by atoms with van der Waals surface area (Å²) < 4.78 is 10.2. The first-order valence-electron chi connectivity index (χ1n) is 6.45. The van der Waals surface area contributed by atoms with Crippen LogP contribution >= 0.6 is 0 Å². The molecule has 0 N–H and O–H groups in total. The summed E-state index contributed by atoms with van der Waals surface area (Å²) in [6.45, 7) is 3.44. The molecule has 0 spiro atoms. The zero-order valence-corrected chi connectivity index (χ0v) is 11.0. The maximum absolute atomic E-state index is 9.15. The summed E-state index contributed by atoms with van der Waals surface area (Å²) in [5.41, 5.74) is 0. The Kier molecular flexibility index (Phi) is 7.18. The van der Waals surface area contributed by atoms with Gasteiger partial charge < -0.3 is 9.47 Å². The maximum atomic E-state index is 9.15. The predicted octanol–water partition coefficient (Wildman–Crippen LogP) is 1.66. The van der Waals surface area contributed by atoms with Crippen LogP contribution in [0.15, 0.2) is 0 Å². The van der Waals surface area contributed by atoms with Gasteiger partial charge in [-0.1, -0.05) is 6.42 Å². The van der Waals surface area contributed by atoms with Crippen molar-refractivity contribution in [2.75, 3.05) is 40.5 Å². The van der Waals surface area contributed by atoms with Crippen LogP contribution in [0, 0.1) is 17.2 Å². The van der Waals surface area contributed by atoms with Gasteiger partial charge in [-0.05, 0) is 19.3 Å². The number of ether oxygens (including phenoxy) is 2. The third-order valence-corrected chi connectivity index (χ3v) is 3.49. The van der Waals surface area contributed by atoms with Crippen molar-refractivity contribution in [3.63, 3.8) is 0 Å². The summed E-state index contributed by atoms with van der Waals surface area (Å²) in [5, 5.41) is 9.15. The van der Waals surface area contributed by atoms with E-state index in [1.807, 2.05) is 0 Å². The Bertz CT molecular complexity index is 240. The van der Waals surface area contributed by atoms with Crippen LogP contribution in [-0.2, 0) is 9.47 Å². The third kappa shape index (κ3) is 4.63. The molecule has 1 rings (SSSR count). The van der Waals surface area contributed by atoms with E-state index in [9.17, 15) is 0 Å². The quantitative estimate of drug-likeness (QED) is 0.605. The van der Waals surface area contributed by atoms with E-state index < -0.39 is 0 Å². The van der Waals surface area contributed by atoms with E-state index in [4.69, 9.17) is 14.7 Å². The van der Waals surface area contributed by atoms with Gasteiger partial charge >= 0.3 is 0 Å². The average Bonchev–Trinajstić information content (AvgIpc) is 2.81. The highest BCUT2D eigenvalue weighted by atomic mass is 16.5. The van der Waals surface area contributed by atoms with E-state index in [0.29, 0.717) is 6.04 Å². The van der Waals surface area contributed by atoms with Crippen molar-refractivity contribution in [3.05, 3.63) is 0 Å². The molecule has 2 unspecified atom stereocenters. The minimum Gasteiger partial charge on any atom is -0.385 e. The van der Waals surface area contributed by atoms with E-state index in [0.717, 1.165) is 45.6 Å². The van der Waals surface area contributed by atoms with Gasteiger partial charge in [-0.25, -0.2) is 0 Å². The Morgan fingerprint density at radius 3 is 2.59 bits per heavy atom. The van der Waals surface area contributed by atoms with Gasteiger partial charge in [0.15, 0.2) is 0 Å². The first kappa shape index (κ1) is 14.4. The molecule has 2 atom stereocenters. The summed E-state index contributed by atoms with van der Waals surface area (Å²) in [4.78, 5) is 2.41. The highest BCUT2D eigenvalue weighted by molar-refractivity contribution is 4.97. The molecule has 0 aliphatic heterocycles. The summed E-state index contributed by atoms with van der Waals surface area (Å²) >= 11 is 0. The molecule has 0 bridgehead atoms. The first-order chi connectivity index (χ1) is 8.33. The van der Waals surface area contributed by atoms with Crippen LogP contribution in [0.4, 0.5) is 0 Å². The molecule has 0 saturated heterocycles. The third-order valence-electron chi connectivity index (χ3n) is 3.49. The molecule has 0 aromatic heterocycles. The lowest BCUT2D eigenvalue weighted by Gasteiger charge is -2.30. The smallest absolute Gasteiger partial charge is 0.0672 e. The van der Waals surface area contributed by atoms with Gasteiger partial charge in [0, 0.05) is 40.0 Å². The zero-order valence-electron chi connectivity index (χ0n) is 11.0. The molecule has 1 aliphatic rings. The highest BCUT2D eigenvalue weighted by Gasteiger charge is 2.31. The first-order valence-corrected chi connectivity index (χ1v) is 6.45. The number of nitriles is 1. The second-order valence-electron chi connectivity index (χ2n) is 4.61. The molecule has 0 radical (unpaired) electrons. The second kappa shape index (κ2) is 8.46. The lowest BCUT2D eigenvalue weighted by Crippen LogP contribution is -2.40. The van der Waals surface area contributed by atoms with Crippen LogP contribution in [0.25, 0.3) is 0 Å². The molecule has 4 nitrogen and oxygen atoms in total. The maximum Gasteiger partial charge on any atom is 0.0672 e. The van der Waals surface area contributed by atoms with Crippen molar-refractivity contribution in [1.82, 2.24) is 4.90 Å². The summed E-state index contributed by atoms with van der Waals surface area (Å²) in [7, 11) is 3.46. The Morgan fingerprint density at radius 2 is 1.94 bits per heavy atom. The minimum atomic E-state index is 0.203. The molecule has 0 aromatic carbocycles. The number of methoxy groups -OCH3 is 2. The van der Waals surface area contributed by atoms with Crippen LogP contribution in [0.3, 0.4) is 0 Å². The van der Waals surface area contributed by atoms with E-state index >= 15 is 0 Å². The molecule has 98 valence electrons. The van der Waals surface area contributed by atoms with E-state index in [2.05, 4.69) is 11.0 Å². The molecule has 4 heteroatoms. The SMILES string of the molecule is COCCCN(CCOC)C1CCCC1C#N. The number of nitrogens with zero attached hydrogens (tertiary/aromatic N) is 2. The van der Waals surface area contributed by atoms with Crippen molar-refractivity contribution >= 4 is 0 Å². The van der Waals surface area contributed by atoms with Crippen LogP contribution in [0.2, 0.25) is 0 Å². The number of hydrogen-bond acceptors (Lipinski definition) is 4. The fraction of sp³-hybridized carbons (Fsp3) is 0.923. The van der Waals surface area contributed by atoms with Gasteiger partial charge in [0.05, 0.1) is 18.6 Å². The molecule has 1 aliphatic carbocycles. The lowest BCUT2D eigenvalue weighted by molar-refractivity contribution is 0.0992. The Labute approximate surface area is 104 Å². The van der Waals surface area contributed by atoms with Crippen molar-refractivity contribution in [2.24, 2.45) is 5.92 Å². The second-order valence-corrected chi connectivity index (χ2v) is 4.61. The Hall–Kier alpha value is -0.630. The normalized spacial score (nSPS) is 24.1. The largest absolute Gasteiger partial charge is 0.385 e. The van der Waals surface area contributed by atoms with Gasteiger partial charge in [0.1, 0.15) is 0 Å². The van der Waals surface area contributed by atoms with Crippen LogP contribution in [-0.4, -0.2) is 51.5 Å².